The van der Waals surface area contributed by atoms with E-state index < -0.39 is 5.60 Å². The predicted octanol–water partition coefficient (Wildman–Crippen LogP) is 4.37. The highest BCUT2D eigenvalue weighted by Gasteiger charge is 2.31. The van der Waals surface area contributed by atoms with Crippen LogP contribution < -0.4 is 4.74 Å². The highest BCUT2D eigenvalue weighted by atomic mass is 16.6. The first-order chi connectivity index (χ1) is 10.9. The monoisotopic (exact) mass is 320 g/mol. The van der Waals surface area contributed by atoms with Gasteiger partial charge in [0, 0.05) is 19.4 Å². The van der Waals surface area contributed by atoms with Crippen molar-refractivity contribution in [1.29, 1.82) is 0 Å². The quantitative estimate of drug-likeness (QED) is 0.553. The molecule has 4 heteroatoms. The summed E-state index contributed by atoms with van der Waals surface area (Å²) in [5, 5.41) is 0. The van der Waals surface area contributed by atoms with Crippen molar-refractivity contribution in [2.24, 2.45) is 0 Å². The summed E-state index contributed by atoms with van der Waals surface area (Å²) in [6, 6.07) is 7.14. The van der Waals surface area contributed by atoms with E-state index in [0.717, 1.165) is 38.0 Å². The molecule has 2 rings (SSSR count). The Bertz CT molecular complexity index is 495. The van der Waals surface area contributed by atoms with Crippen LogP contribution in [0.15, 0.2) is 24.3 Å². The summed E-state index contributed by atoms with van der Waals surface area (Å²) in [5.41, 5.74) is 0.0620. The van der Waals surface area contributed by atoms with Gasteiger partial charge in [-0.25, -0.2) is 4.79 Å². The number of carbonyl (C=O) groups is 1. The van der Waals surface area contributed by atoms with Crippen LogP contribution in [-0.4, -0.2) is 30.4 Å². The third-order valence-electron chi connectivity index (χ3n) is 3.69. The lowest BCUT2D eigenvalue weighted by atomic mass is 9.92. The summed E-state index contributed by atoms with van der Waals surface area (Å²) in [4.78, 5) is 11.9. The maximum Gasteiger partial charge on any atom is 0.338 e. The Kier molecular flexibility index (Phi) is 6.05. The second-order valence-corrected chi connectivity index (χ2v) is 7.08. The van der Waals surface area contributed by atoms with Crippen LogP contribution in [0.2, 0.25) is 0 Å². The first-order valence-electron chi connectivity index (χ1n) is 8.49. The molecule has 0 heterocycles. The second-order valence-electron chi connectivity index (χ2n) is 7.08. The number of hydrogen-bond acceptors (Lipinski definition) is 4. The third kappa shape index (κ3) is 5.87. The van der Waals surface area contributed by atoms with Crippen molar-refractivity contribution < 1.29 is 19.0 Å². The van der Waals surface area contributed by atoms with Gasteiger partial charge in [-0.1, -0.05) is 13.3 Å². The number of carbonyl (C=O) groups excluding carboxylic acids is 1. The molecule has 0 bridgehead atoms. The Hall–Kier alpha value is -1.55. The standard InChI is InChI=1S/C19H28O4/c1-5-6-11-21-16-12-17(13-16)22-15-9-7-14(8-10-15)18(20)23-19(2,3)4/h7-10,16-17H,5-6,11-13H2,1-4H3. The molecule has 4 nitrogen and oxygen atoms in total. The molecule has 0 amide bonds. The molecule has 1 aromatic rings. The van der Waals surface area contributed by atoms with Gasteiger partial charge >= 0.3 is 5.97 Å². The molecule has 1 saturated carbocycles. The second kappa shape index (κ2) is 7.82. The summed E-state index contributed by atoms with van der Waals surface area (Å²) in [6.45, 7) is 8.59. The van der Waals surface area contributed by atoms with Crippen molar-refractivity contribution in [2.75, 3.05) is 6.61 Å². The van der Waals surface area contributed by atoms with Gasteiger partial charge in [0.2, 0.25) is 0 Å². The fourth-order valence-corrected chi connectivity index (χ4v) is 2.34. The topological polar surface area (TPSA) is 44.8 Å². The van der Waals surface area contributed by atoms with Gasteiger partial charge in [-0.15, -0.1) is 0 Å². The summed E-state index contributed by atoms with van der Waals surface area (Å²) < 4.78 is 17.0. The van der Waals surface area contributed by atoms with Crippen molar-refractivity contribution in [3.63, 3.8) is 0 Å². The molecule has 1 aromatic carbocycles. The fraction of sp³-hybridized carbons (Fsp3) is 0.632. The lowest BCUT2D eigenvalue weighted by Crippen LogP contribution is -2.39. The van der Waals surface area contributed by atoms with E-state index in [0.29, 0.717) is 11.7 Å². The highest BCUT2D eigenvalue weighted by molar-refractivity contribution is 5.89. The SMILES string of the molecule is CCCCOC1CC(Oc2ccc(C(=O)OC(C)(C)C)cc2)C1. The molecule has 0 atom stereocenters. The van der Waals surface area contributed by atoms with Crippen LogP contribution in [0.1, 0.15) is 63.7 Å². The van der Waals surface area contributed by atoms with Crippen LogP contribution in [0.25, 0.3) is 0 Å². The van der Waals surface area contributed by atoms with Gasteiger partial charge in [0.1, 0.15) is 17.5 Å². The van der Waals surface area contributed by atoms with Gasteiger partial charge in [0.05, 0.1) is 11.7 Å². The first kappa shape index (κ1) is 17.8. The Morgan fingerprint density at radius 2 is 1.78 bits per heavy atom. The van der Waals surface area contributed by atoms with Crippen molar-refractivity contribution >= 4 is 5.97 Å². The lowest BCUT2D eigenvalue weighted by molar-refractivity contribution is -0.0613. The molecule has 128 valence electrons. The molecule has 0 radical (unpaired) electrons. The smallest absolute Gasteiger partial charge is 0.338 e. The lowest BCUT2D eigenvalue weighted by Gasteiger charge is -2.35. The molecule has 0 N–H and O–H groups in total. The van der Waals surface area contributed by atoms with Crippen LogP contribution >= 0.6 is 0 Å². The van der Waals surface area contributed by atoms with E-state index in [-0.39, 0.29) is 12.1 Å². The van der Waals surface area contributed by atoms with Gasteiger partial charge in [0.15, 0.2) is 0 Å². The Labute approximate surface area is 139 Å². The van der Waals surface area contributed by atoms with E-state index >= 15 is 0 Å². The number of benzene rings is 1. The summed E-state index contributed by atoms with van der Waals surface area (Å²) in [6.07, 6.45) is 4.72. The zero-order chi connectivity index (χ0) is 16.9. The molecule has 1 fully saturated rings. The molecule has 0 aliphatic heterocycles. The van der Waals surface area contributed by atoms with Crippen molar-refractivity contribution in [3.05, 3.63) is 29.8 Å². The number of hydrogen-bond donors (Lipinski definition) is 0. The van der Waals surface area contributed by atoms with Gasteiger partial charge in [-0.2, -0.15) is 0 Å². The summed E-state index contributed by atoms with van der Waals surface area (Å²) in [5.74, 6) is 0.478. The Morgan fingerprint density at radius 1 is 1.13 bits per heavy atom. The number of esters is 1. The summed E-state index contributed by atoms with van der Waals surface area (Å²) in [7, 11) is 0. The van der Waals surface area contributed by atoms with Crippen molar-refractivity contribution in [1.82, 2.24) is 0 Å². The van der Waals surface area contributed by atoms with E-state index in [1.54, 1.807) is 12.1 Å². The molecular weight excluding hydrogens is 292 g/mol. The first-order valence-corrected chi connectivity index (χ1v) is 8.49. The third-order valence-corrected chi connectivity index (χ3v) is 3.69. The zero-order valence-corrected chi connectivity index (χ0v) is 14.6. The minimum atomic E-state index is -0.481. The molecule has 0 aromatic heterocycles. The maximum absolute atomic E-state index is 11.9. The zero-order valence-electron chi connectivity index (χ0n) is 14.6. The average Bonchev–Trinajstić information content (AvgIpc) is 2.43. The normalized spacial score (nSPS) is 20.7. The van der Waals surface area contributed by atoms with Crippen LogP contribution in [-0.2, 0) is 9.47 Å². The largest absolute Gasteiger partial charge is 0.490 e. The highest BCUT2D eigenvalue weighted by Crippen LogP contribution is 2.28. The van der Waals surface area contributed by atoms with Crippen LogP contribution in [0, 0.1) is 0 Å². The molecular formula is C19H28O4. The van der Waals surface area contributed by atoms with Crippen LogP contribution in [0.4, 0.5) is 0 Å². The van der Waals surface area contributed by atoms with E-state index in [4.69, 9.17) is 14.2 Å². The Balaban J connectivity index is 1.75. The van der Waals surface area contributed by atoms with Gasteiger partial charge in [-0.05, 0) is 51.5 Å². The van der Waals surface area contributed by atoms with E-state index in [9.17, 15) is 4.79 Å². The molecule has 23 heavy (non-hydrogen) atoms. The van der Waals surface area contributed by atoms with E-state index in [1.807, 2.05) is 32.9 Å². The minimum Gasteiger partial charge on any atom is -0.490 e. The molecule has 0 saturated heterocycles. The van der Waals surface area contributed by atoms with Crippen molar-refractivity contribution in [3.8, 4) is 5.75 Å². The van der Waals surface area contributed by atoms with Crippen LogP contribution in [0.3, 0.4) is 0 Å². The average molecular weight is 320 g/mol. The van der Waals surface area contributed by atoms with E-state index in [1.165, 1.54) is 0 Å². The Morgan fingerprint density at radius 3 is 2.35 bits per heavy atom. The molecule has 1 aliphatic rings. The van der Waals surface area contributed by atoms with Gasteiger partial charge in [0.25, 0.3) is 0 Å². The maximum atomic E-state index is 11.9. The fourth-order valence-electron chi connectivity index (χ4n) is 2.34. The minimum absolute atomic E-state index is 0.217. The van der Waals surface area contributed by atoms with E-state index in [2.05, 4.69) is 6.92 Å². The van der Waals surface area contributed by atoms with Crippen molar-refractivity contribution in [2.45, 2.75) is 71.2 Å². The van der Waals surface area contributed by atoms with Crippen LogP contribution in [0.5, 0.6) is 5.75 Å². The molecule has 0 spiro atoms. The molecule has 1 aliphatic carbocycles. The van der Waals surface area contributed by atoms with Gasteiger partial charge in [-0.3, -0.25) is 0 Å². The number of rotatable bonds is 7. The predicted molar refractivity (Wildman–Crippen MR) is 89.9 cm³/mol. The summed E-state index contributed by atoms with van der Waals surface area (Å²) >= 11 is 0. The van der Waals surface area contributed by atoms with Gasteiger partial charge < -0.3 is 14.2 Å². The molecule has 0 unspecified atom stereocenters. The number of unbranched alkanes of at least 4 members (excludes halogenated alkanes) is 1. The number of ether oxygens (including phenoxy) is 3.